The molecule has 0 aliphatic heterocycles. The third kappa shape index (κ3) is 3.76. The first-order chi connectivity index (χ1) is 7.87. The van der Waals surface area contributed by atoms with Crippen LogP contribution in [-0.2, 0) is 16.8 Å². The molecule has 0 bridgehead atoms. The Kier molecular flexibility index (Phi) is 5.09. The second-order valence-corrected chi connectivity index (χ2v) is 7.91. The highest BCUT2D eigenvalue weighted by molar-refractivity contribution is 9.11. The SMILES string of the molecule is CN(C)S(=O)(=O)N(CC#N)Cc1csc(Br)c1. The average Bonchev–Trinajstić information content (AvgIpc) is 2.63. The van der Waals surface area contributed by atoms with E-state index in [0.717, 1.165) is 18.0 Å². The van der Waals surface area contributed by atoms with Crippen molar-refractivity contribution in [2.24, 2.45) is 0 Å². The van der Waals surface area contributed by atoms with Crippen molar-refractivity contribution in [3.8, 4) is 6.07 Å². The summed E-state index contributed by atoms with van der Waals surface area (Å²) in [6, 6.07) is 3.72. The van der Waals surface area contributed by atoms with Crippen LogP contribution in [0.5, 0.6) is 0 Å². The molecular formula is C9H12BrN3O2S2. The van der Waals surface area contributed by atoms with Crippen molar-refractivity contribution in [3.63, 3.8) is 0 Å². The minimum atomic E-state index is -3.56. The summed E-state index contributed by atoms with van der Waals surface area (Å²) in [4.78, 5) is 0. The summed E-state index contributed by atoms with van der Waals surface area (Å²) in [6.07, 6.45) is 0. The molecule has 0 radical (unpaired) electrons. The molecule has 1 aromatic heterocycles. The molecule has 0 aliphatic rings. The van der Waals surface area contributed by atoms with Gasteiger partial charge in [0.05, 0.1) is 9.86 Å². The number of hydrogen-bond donors (Lipinski definition) is 0. The number of rotatable bonds is 5. The van der Waals surface area contributed by atoms with E-state index in [0.29, 0.717) is 0 Å². The van der Waals surface area contributed by atoms with Crippen LogP contribution in [0.25, 0.3) is 0 Å². The highest BCUT2D eigenvalue weighted by atomic mass is 79.9. The second-order valence-electron chi connectivity index (χ2n) is 3.48. The molecular weight excluding hydrogens is 326 g/mol. The van der Waals surface area contributed by atoms with Crippen molar-refractivity contribution in [3.05, 3.63) is 20.8 Å². The number of nitrogens with zero attached hydrogens (tertiary/aromatic N) is 3. The normalized spacial score (nSPS) is 12.0. The Labute approximate surface area is 114 Å². The molecule has 0 spiro atoms. The van der Waals surface area contributed by atoms with Crippen molar-refractivity contribution in [1.82, 2.24) is 8.61 Å². The van der Waals surface area contributed by atoms with E-state index < -0.39 is 10.2 Å². The monoisotopic (exact) mass is 337 g/mol. The van der Waals surface area contributed by atoms with Gasteiger partial charge >= 0.3 is 0 Å². The lowest BCUT2D eigenvalue weighted by Crippen LogP contribution is -2.39. The van der Waals surface area contributed by atoms with Gasteiger partial charge in [-0.2, -0.15) is 22.3 Å². The molecule has 0 N–H and O–H groups in total. The first kappa shape index (κ1) is 14.6. The average molecular weight is 338 g/mol. The Hall–Kier alpha value is -0.460. The Balaban J connectivity index is 2.92. The minimum Gasteiger partial charge on any atom is -0.197 e. The van der Waals surface area contributed by atoms with Crippen molar-refractivity contribution in [1.29, 1.82) is 5.26 Å². The maximum absolute atomic E-state index is 11.9. The number of hydrogen-bond acceptors (Lipinski definition) is 4. The molecule has 17 heavy (non-hydrogen) atoms. The van der Waals surface area contributed by atoms with Gasteiger partial charge in [-0.05, 0) is 32.9 Å². The Bertz CT molecular complexity index is 519. The fourth-order valence-corrected chi connectivity index (χ4v) is 3.36. The smallest absolute Gasteiger partial charge is 0.197 e. The molecule has 1 heterocycles. The lowest BCUT2D eigenvalue weighted by molar-refractivity contribution is 0.396. The van der Waals surface area contributed by atoms with E-state index in [1.165, 1.54) is 25.4 Å². The molecule has 0 aromatic carbocycles. The zero-order chi connectivity index (χ0) is 13.1. The van der Waals surface area contributed by atoms with Gasteiger partial charge in [0.25, 0.3) is 10.2 Å². The zero-order valence-corrected chi connectivity index (χ0v) is 12.6. The first-order valence-corrected chi connectivity index (χ1v) is 7.72. The molecule has 0 saturated carbocycles. The van der Waals surface area contributed by atoms with Crippen LogP contribution in [-0.4, -0.2) is 37.7 Å². The lowest BCUT2D eigenvalue weighted by Gasteiger charge is -2.22. The molecule has 0 saturated heterocycles. The second kappa shape index (κ2) is 5.93. The predicted molar refractivity (Wildman–Crippen MR) is 70.6 cm³/mol. The summed E-state index contributed by atoms with van der Waals surface area (Å²) in [5.74, 6) is 0. The molecule has 0 aliphatic carbocycles. The van der Waals surface area contributed by atoms with E-state index >= 15 is 0 Å². The van der Waals surface area contributed by atoms with Gasteiger partial charge in [0.15, 0.2) is 0 Å². The van der Waals surface area contributed by atoms with Crippen molar-refractivity contribution in [2.45, 2.75) is 6.54 Å². The van der Waals surface area contributed by atoms with Crippen LogP contribution < -0.4 is 0 Å². The van der Waals surface area contributed by atoms with Crippen LogP contribution >= 0.6 is 27.3 Å². The van der Waals surface area contributed by atoms with Gasteiger partial charge in [-0.3, -0.25) is 0 Å². The Morgan fingerprint density at radius 3 is 2.59 bits per heavy atom. The molecule has 0 unspecified atom stereocenters. The van der Waals surface area contributed by atoms with Crippen LogP contribution in [0.4, 0.5) is 0 Å². The number of nitriles is 1. The third-order valence-corrected chi connectivity index (χ3v) is 5.40. The van der Waals surface area contributed by atoms with Gasteiger partial charge in [0.1, 0.15) is 6.54 Å². The summed E-state index contributed by atoms with van der Waals surface area (Å²) in [5.41, 5.74) is 0.863. The first-order valence-electron chi connectivity index (χ1n) is 4.65. The van der Waals surface area contributed by atoms with Crippen LogP contribution in [0, 0.1) is 11.3 Å². The van der Waals surface area contributed by atoms with E-state index in [9.17, 15) is 8.42 Å². The quantitative estimate of drug-likeness (QED) is 0.767. The highest BCUT2D eigenvalue weighted by Gasteiger charge is 2.24. The summed E-state index contributed by atoms with van der Waals surface area (Å²) >= 11 is 4.80. The molecule has 5 nitrogen and oxygen atoms in total. The summed E-state index contributed by atoms with van der Waals surface area (Å²) < 4.78 is 27.0. The molecule has 1 rings (SSSR count). The van der Waals surface area contributed by atoms with Crippen LogP contribution in [0.3, 0.4) is 0 Å². The van der Waals surface area contributed by atoms with E-state index in [4.69, 9.17) is 5.26 Å². The standard InChI is InChI=1S/C9H12BrN3O2S2/c1-12(2)17(14,15)13(4-3-11)6-8-5-9(10)16-7-8/h5,7H,4,6H2,1-2H3. The van der Waals surface area contributed by atoms with Crippen LogP contribution in [0.15, 0.2) is 15.2 Å². The summed E-state index contributed by atoms with van der Waals surface area (Å²) in [7, 11) is -0.661. The van der Waals surface area contributed by atoms with E-state index in [2.05, 4.69) is 15.9 Å². The molecule has 94 valence electrons. The summed E-state index contributed by atoms with van der Waals surface area (Å²) in [5, 5.41) is 10.5. The van der Waals surface area contributed by atoms with E-state index in [-0.39, 0.29) is 13.1 Å². The van der Waals surface area contributed by atoms with Crippen molar-refractivity contribution < 1.29 is 8.42 Å². The topological polar surface area (TPSA) is 64.4 Å². The van der Waals surface area contributed by atoms with Gasteiger partial charge in [0.2, 0.25) is 0 Å². The van der Waals surface area contributed by atoms with Gasteiger partial charge in [-0.25, -0.2) is 0 Å². The maximum Gasteiger partial charge on any atom is 0.282 e. The van der Waals surface area contributed by atoms with Crippen molar-refractivity contribution in [2.75, 3.05) is 20.6 Å². The predicted octanol–water partition coefficient (Wildman–Crippen LogP) is 1.64. The minimum absolute atomic E-state index is 0.159. The van der Waals surface area contributed by atoms with Gasteiger partial charge in [-0.1, -0.05) is 0 Å². The van der Waals surface area contributed by atoms with Crippen LogP contribution in [0.2, 0.25) is 0 Å². The van der Waals surface area contributed by atoms with Crippen LogP contribution in [0.1, 0.15) is 5.56 Å². The van der Waals surface area contributed by atoms with Gasteiger partial charge < -0.3 is 0 Å². The van der Waals surface area contributed by atoms with Gasteiger partial charge in [0, 0.05) is 20.6 Å². The van der Waals surface area contributed by atoms with E-state index in [1.807, 2.05) is 17.5 Å². The molecule has 8 heteroatoms. The Morgan fingerprint density at radius 1 is 1.53 bits per heavy atom. The third-order valence-electron chi connectivity index (χ3n) is 2.02. The Morgan fingerprint density at radius 2 is 2.18 bits per heavy atom. The van der Waals surface area contributed by atoms with E-state index in [1.54, 1.807) is 0 Å². The number of halogens is 1. The largest absolute Gasteiger partial charge is 0.282 e. The van der Waals surface area contributed by atoms with Crippen molar-refractivity contribution >= 4 is 37.5 Å². The number of thiophene rings is 1. The van der Waals surface area contributed by atoms with Gasteiger partial charge in [-0.15, -0.1) is 11.3 Å². The summed E-state index contributed by atoms with van der Waals surface area (Å²) in [6.45, 7) is 0.0458. The molecule has 1 aromatic rings. The fourth-order valence-electron chi connectivity index (χ4n) is 1.16. The highest BCUT2D eigenvalue weighted by Crippen LogP contribution is 2.22. The zero-order valence-electron chi connectivity index (χ0n) is 9.42. The lowest BCUT2D eigenvalue weighted by atomic mass is 10.3. The molecule has 0 atom stereocenters. The molecule has 0 fully saturated rings. The fraction of sp³-hybridized carbons (Fsp3) is 0.444. The maximum atomic E-state index is 11.9. The molecule has 0 amide bonds.